The van der Waals surface area contributed by atoms with E-state index < -0.39 is 41.4 Å². The average Bonchev–Trinajstić information content (AvgIpc) is 3.02. The molecule has 3 N–H and O–H groups in total. The summed E-state index contributed by atoms with van der Waals surface area (Å²) in [5, 5.41) is 31.6. The minimum Gasteiger partial charge on any atom is -0.481 e. The van der Waals surface area contributed by atoms with Crippen LogP contribution < -0.4 is 0 Å². The van der Waals surface area contributed by atoms with Gasteiger partial charge in [0.1, 0.15) is 5.60 Å². The maximum absolute atomic E-state index is 13.1. The van der Waals surface area contributed by atoms with E-state index >= 15 is 0 Å². The first-order chi connectivity index (χ1) is 15.4. The average molecular weight is 463 g/mol. The number of aliphatic hydroxyl groups excluding tert-OH is 1. The zero-order chi connectivity index (χ0) is 24.2. The summed E-state index contributed by atoms with van der Waals surface area (Å²) in [6.07, 6.45) is 4.30. The summed E-state index contributed by atoms with van der Waals surface area (Å²) in [6, 6.07) is 0. The van der Waals surface area contributed by atoms with Crippen LogP contribution >= 0.6 is 0 Å². The summed E-state index contributed by atoms with van der Waals surface area (Å²) in [6.45, 7) is 3.41. The van der Waals surface area contributed by atoms with Crippen LogP contribution in [0.1, 0.15) is 71.6 Å². The molecule has 0 saturated heterocycles. The number of aliphatic carboxylic acids is 1. The Morgan fingerprint density at radius 3 is 2.55 bits per heavy atom. The monoisotopic (exact) mass is 462 g/mol. The largest absolute Gasteiger partial charge is 0.481 e. The molecule has 0 aromatic heterocycles. The minimum atomic E-state index is -1.71. The number of esters is 1. The Morgan fingerprint density at radius 2 is 1.85 bits per heavy atom. The fourth-order valence-corrected chi connectivity index (χ4v) is 7.70. The fourth-order valence-electron chi connectivity index (χ4n) is 7.70. The van der Waals surface area contributed by atoms with Crippen LogP contribution in [0.25, 0.3) is 0 Å². The van der Waals surface area contributed by atoms with Crippen molar-refractivity contribution in [3.05, 3.63) is 11.6 Å². The van der Waals surface area contributed by atoms with E-state index in [1.807, 2.05) is 6.92 Å². The molecular formula is C25H34O8. The number of ketones is 2. The topological polar surface area (TPSA) is 138 Å². The number of carboxylic acids is 1. The first-order valence-corrected chi connectivity index (χ1v) is 12.0. The zero-order valence-corrected chi connectivity index (χ0v) is 19.3. The molecule has 4 rings (SSSR count). The van der Waals surface area contributed by atoms with Crippen LogP contribution in [-0.2, 0) is 23.9 Å². The molecule has 4 aliphatic carbocycles. The summed E-state index contributed by atoms with van der Waals surface area (Å²) >= 11 is 0. The van der Waals surface area contributed by atoms with Gasteiger partial charge >= 0.3 is 11.9 Å². The third-order valence-electron chi connectivity index (χ3n) is 9.42. The normalized spacial score (nSPS) is 41.9. The number of Topliss-reactive ketones (excluding diaryl/α,β-unsaturated/α-hetero) is 1. The van der Waals surface area contributed by atoms with Gasteiger partial charge in [0.15, 0.2) is 12.4 Å². The smallest absolute Gasteiger partial charge is 0.306 e. The van der Waals surface area contributed by atoms with Crippen molar-refractivity contribution in [2.75, 3.05) is 6.61 Å². The molecule has 0 spiro atoms. The van der Waals surface area contributed by atoms with Gasteiger partial charge in [0, 0.05) is 11.8 Å². The van der Waals surface area contributed by atoms with Crippen LogP contribution in [0.15, 0.2) is 11.6 Å². The van der Waals surface area contributed by atoms with E-state index in [0.29, 0.717) is 12.8 Å². The van der Waals surface area contributed by atoms with Crippen molar-refractivity contribution in [2.24, 2.45) is 28.6 Å². The molecule has 0 aliphatic heterocycles. The van der Waals surface area contributed by atoms with Crippen molar-refractivity contribution in [3.63, 3.8) is 0 Å². The Labute approximate surface area is 193 Å². The van der Waals surface area contributed by atoms with Crippen molar-refractivity contribution >= 4 is 23.5 Å². The summed E-state index contributed by atoms with van der Waals surface area (Å²) < 4.78 is 4.97. The molecule has 3 saturated carbocycles. The molecule has 0 heterocycles. The highest BCUT2D eigenvalue weighted by molar-refractivity contribution is 5.92. The van der Waals surface area contributed by atoms with E-state index in [9.17, 15) is 29.4 Å². The van der Waals surface area contributed by atoms with Gasteiger partial charge in [0.05, 0.1) is 18.9 Å². The third-order valence-corrected chi connectivity index (χ3v) is 9.42. The van der Waals surface area contributed by atoms with Gasteiger partial charge in [0.2, 0.25) is 5.78 Å². The number of hydrogen-bond donors (Lipinski definition) is 3. The van der Waals surface area contributed by atoms with Crippen LogP contribution in [0, 0.1) is 28.6 Å². The molecule has 0 aromatic rings. The predicted molar refractivity (Wildman–Crippen MR) is 116 cm³/mol. The number of carbonyl (C=O) groups excluding carboxylic acids is 3. The first kappa shape index (κ1) is 24.1. The van der Waals surface area contributed by atoms with E-state index in [-0.39, 0.29) is 54.6 Å². The Morgan fingerprint density at radius 1 is 1.12 bits per heavy atom. The molecule has 2 unspecified atom stereocenters. The van der Waals surface area contributed by atoms with Crippen LogP contribution in [-0.4, -0.2) is 57.1 Å². The fraction of sp³-hybridized carbons (Fsp3) is 0.760. The van der Waals surface area contributed by atoms with Crippen molar-refractivity contribution in [2.45, 2.75) is 83.3 Å². The van der Waals surface area contributed by atoms with Crippen LogP contribution in [0.2, 0.25) is 0 Å². The van der Waals surface area contributed by atoms with E-state index in [1.165, 1.54) is 0 Å². The van der Waals surface area contributed by atoms with Crippen LogP contribution in [0.4, 0.5) is 0 Å². The lowest BCUT2D eigenvalue weighted by molar-refractivity contribution is -0.184. The van der Waals surface area contributed by atoms with Gasteiger partial charge in [-0.3, -0.25) is 19.2 Å². The number of ether oxygens (including phenoxy) is 1. The molecule has 4 aliphatic rings. The molecule has 0 aromatic carbocycles. The summed E-state index contributed by atoms with van der Waals surface area (Å²) in [5.74, 6) is -2.20. The van der Waals surface area contributed by atoms with E-state index in [2.05, 4.69) is 6.92 Å². The molecule has 8 nitrogen and oxygen atoms in total. The van der Waals surface area contributed by atoms with Gasteiger partial charge in [0.25, 0.3) is 0 Å². The van der Waals surface area contributed by atoms with E-state index in [4.69, 9.17) is 9.84 Å². The third kappa shape index (κ3) is 3.75. The molecule has 0 radical (unpaired) electrons. The highest BCUT2D eigenvalue weighted by Crippen LogP contribution is 2.67. The number of carbonyl (C=O) groups is 4. The first-order valence-electron chi connectivity index (χ1n) is 12.0. The Bertz CT molecular complexity index is 908. The molecule has 0 amide bonds. The second-order valence-electron chi connectivity index (χ2n) is 11.0. The number of fused-ring (bicyclic) bond motifs is 5. The zero-order valence-electron chi connectivity index (χ0n) is 19.3. The lowest BCUT2D eigenvalue weighted by atomic mass is 9.45. The number of hydrogen-bond acceptors (Lipinski definition) is 7. The minimum absolute atomic E-state index is 0.0185. The lowest BCUT2D eigenvalue weighted by Crippen LogP contribution is -2.62. The standard InChI is InChI=1S/C25H34O8/c1-23-9-7-15(26)11-14(23)3-4-16-17-8-10-25(32,24(17,2)12-18(27)22(16)23)19(28)13-33-21(31)6-5-20(29)30/h11,16-18,22,27,32H,3-10,12-13H2,1-2H3,(H,29,30)/t16-,17?,18-,22?,23-,24-,25-/m0/s1. The molecule has 0 bridgehead atoms. The molecule has 182 valence electrons. The van der Waals surface area contributed by atoms with Crippen molar-refractivity contribution < 1.29 is 39.2 Å². The Balaban J connectivity index is 1.53. The van der Waals surface area contributed by atoms with E-state index in [0.717, 1.165) is 24.8 Å². The van der Waals surface area contributed by atoms with Gasteiger partial charge in [-0.15, -0.1) is 0 Å². The SMILES string of the molecule is C[C@]12CCC(=O)C=C1CC[C@@H]1C2[C@@H](O)C[C@@]2(C)C1CC[C@]2(O)C(=O)COC(=O)CCC(=O)O. The lowest BCUT2D eigenvalue weighted by Gasteiger charge is -2.60. The van der Waals surface area contributed by atoms with Crippen molar-refractivity contribution in [1.29, 1.82) is 0 Å². The van der Waals surface area contributed by atoms with Crippen molar-refractivity contribution in [3.8, 4) is 0 Å². The van der Waals surface area contributed by atoms with E-state index in [1.54, 1.807) is 6.08 Å². The molecular weight excluding hydrogens is 428 g/mol. The van der Waals surface area contributed by atoms with Gasteiger partial charge < -0.3 is 20.1 Å². The van der Waals surface area contributed by atoms with Gasteiger partial charge in [-0.05, 0) is 67.8 Å². The molecule has 7 atom stereocenters. The summed E-state index contributed by atoms with van der Waals surface area (Å²) in [7, 11) is 0. The highest BCUT2D eigenvalue weighted by atomic mass is 16.5. The molecule has 8 heteroatoms. The highest BCUT2D eigenvalue weighted by Gasteiger charge is 2.68. The summed E-state index contributed by atoms with van der Waals surface area (Å²) in [4.78, 5) is 47.5. The maximum Gasteiger partial charge on any atom is 0.306 e. The number of rotatable bonds is 6. The Kier molecular flexibility index (Phi) is 6.06. The Hall–Kier alpha value is -2.06. The van der Waals surface area contributed by atoms with Crippen LogP contribution in [0.3, 0.4) is 0 Å². The quantitative estimate of drug-likeness (QED) is 0.511. The second kappa shape index (κ2) is 8.31. The van der Waals surface area contributed by atoms with Gasteiger partial charge in [-0.2, -0.15) is 0 Å². The summed E-state index contributed by atoms with van der Waals surface area (Å²) in [5.41, 5.74) is -1.68. The number of aliphatic hydroxyl groups is 2. The molecule has 33 heavy (non-hydrogen) atoms. The second-order valence-corrected chi connectivity index (χ2v) is 11.0. The molecule has 3 fully saturated rings. The van der Waals surface area contributed by atoms with Crippen molar-refractivity contribution in [1.82, 2.24) is 0 Å². The number of carboxylic acid groups (broad SMARTS) is 1. The van der Waals surface area contributed by atoms with Crippen LogP contribution in [0.5, 0.6) is 0 Å². The number of allylic oxidation sites excluding steroid dienone is 1. The van der Waals surface area contributed by atoms with Gasteiger partial charge in [-0.25, -0.2) is 0 Å². The maximum atomic E-state index is 13.1. The predicted octanol–water partition coefficient (Wildman–Crippen LogP) is 2.20. The van der Waals surface area contributed by atoms with Gasteiger partial charge in [-0.1, -0.05) is 19.4 Å².